The minimum atomic E-state index is -0.771. The van der Waals surface area contributed by atoms with Gasteiger partial charge in [-0.25, -0.2) is 0 Å². The maximum absolute atomic E-state index is 10.8. The van der Waals surface area contributed by atoms with Crippen LogP contribution in [0.1, 0.15) is 42.8 Å². The highest BCUT2D eigenvalue weighted by Crippen LogP contribution is 2.34. The summed E-state index contributed by atoms with van der Waals surface area (Å²) in [5.41, 5.74) is 2.54. The summed E-state index contributed by atoms with van der Waals surface area (Å²) in [5, 5.41) is 15.1. The van der Waals surface area contributed by atoms with Crippen LogP contribution in [0.5, 0.6) is 5.75 Å². The Kier molecular flexibility index (Phi) is 4.50. The number of rotatable bonds is 4. The van der Waals surface area contributed by atoms with Crippen molar-refractivity contribution in [2.24, 2.45) is 0 Å². The van der Waals surface area contributed by atoms with Crippen LogP contribution in [-0.4, -0.2) is 22.0 Å². The van der Waals surface area contributed by atoms with E-state index in [9.17, 15) is 5.11 Å². The molecule has 0 saturated carbocycles. The molecule has 0 aliphatic heterocycles. The average molecular weight is 339 g/mol. The maximum atomic E-state index is 10.8. The number of aliphatic hydroxyl groups excluding tert-OH is 1. The predicted molar refractivity (Wildman–Crippen MR) is 82.1 cm³/mol. The van der Waals surface area contributed by atoms with Crippen LogP contribution in [0.4, 0.5) is 0 Å². The molecule has 0 bridgehead atoms. The smallest absolute Gasteiger partial charge is 0.163 e. The van der Waals surface area contributed by atoms with Crippen molar-refractivity contribution in [1.29, 1.82) is 0 Å². The van der Waals surface area contributed by atoms with E-state index in [0.29, 0.717) is 11.4 Å². The van der Waals surface area contributed by atoms with E-state index in [-0.39, 0.29) is 6.04 Å². The standard InChI is InChI=1S/C15H19BrN2O2/c1-9(2)18-14(13(20-4)8-17-18)15(19)11-6-5-7-12(16)10(11)3/h5-9,15,19H,1-4H3. The summed E-state index contributed by atoms with van der Waals surface area (Å²) in [6.07, 6.45) is 0.874. The summed E-state index contributed by atoms with van der Waals surface area (Å²) in [6.45, 7) is 6.03. The lowest BCUT2D eigenvalue weighted by atomic mass is 10.0. The van der Waals surface area contributed by atoms with E-state index in [2.05, 4.69) is 21.0 Å². The van der Waals surface area contributed by atoms with E-state index in [0.717, 1.165) is 15.6 Å². The van der Waals surface area contributed by atoms with Crippen LogP contribution < -0.4 is 4.74 Å². The second-order valence-corrected chi connectivity index (χ2v) is 5.85. The van der Waals surface area contributed by atoms with Crippen molar-refractivity contribution in [2.75, 3.05) is 7.11 Å². The van der Waals surface area contributed by atoms with Crippen LogP contribution in [0, 0.1) is 6.92 Å². The fourth-order valence-corrected chi connectivity index (χ4v) is 2.63. The number of hydrogen-bond acceptors (Lipinski definition) is 3. The highest BCUT2D eigenvalue weighted by atomic mass is 79.9. The summed E-state index contributed by atoms with van der Waals surface area (Å²) in [4.78, 5) is 0. The minimum Gasteiger partial charge on any atom is -0.493 e. The highest BCUT2D eigenvalue weighted by molar-refractivity contribution is 9.10. The fourth-order valence-electron chi connectivity index (χ4n) is 2.25. The molecule has 2 aromatic rings. The van der Waals surface area contributed by atoms with Crippen molar-refractivity contribution in [2.45, 2.75) is 32.9 Å². The lowest BCUT2D eigenvalue weighted by Gasteiger charge is -2.19. The highest BCUT2D eigenvalue weighted by Gasteiger charge is 2.24. The Hall–Kier alpha value is -1.33. The number of aliphatic hydroxyl groups is 1. The Labute approximate surface area is 127 Å². The Balaban J connectivity index is 2.55. The molecule has 0 aliphatic rings. The number of aromatic nitrogens is 2. The molecule has 0 saturated heterocycles. The van der Waals surface area contributed by atoms with E-state index >= 15 is 0 Å². The molecule has 1 atom stereocenters. The zero-order valence-corrected chi connectivity index (χ0v) is 13.7. The van der Waals surface area contributed by atoms with Gasteiger partial charge in [0, 0.05) is 10.5 Å². The van der Waals surface area contributed by atoms with Gasteiger partial charge >= 0.3 is 0 Å². The molecule has 1 aromatic heterocycles. The Morgan fingerprint density at radius 1 is 1.35 bits per heavy atom. The molecule has 2 rings (SSSR count). The Morgan fingerprint density at radius 3 is 2.65 bits per heavy atom. The number of methoxy groups -OCH3 is 1. The molecule has 5 heteroatoms. The van der Waals surface area contributed by atoms with Gasteiger partial charge < -0.3 is 9.84 Å². The van der Waals surface area contributed by atoms with Gasteiger partial charge in [0.15, 0.2) is 5.75 Å². The van der Waals surface area contributed by atoms with Gasteiger partial charge in [-0.05, 0) is 38.0 Å². The zero-order chi connectivity index (χ0) is 14.9. The van der Waals surface area contributed by atoms with Crippen LogP contribution in [0.15, 0.2) is 28.9 Å². The lowest BCUT2D eigenvalue weighted by molar-refractivity contribution is 0.199. The van der Waals surface area contributed by atoms with Crippen molar-refractivity contribution in [3.05, 3.63) is 45.7 Å². The fraction of sp³-hybridized carbons (Fsp3) is 0.400. The first kappa shape index (κ1) is 15.1. The molecule has 1 heterocycles. The van der Waals surface area contributed by atoms with E-state index in [1.165, 1.54) is 0 Å². The van der Waals surface area contributed by atoms with E-state index in [4.69, 9.17) is 4.74 Å². The summed E-state index contributed by atoms with van der Waals surface area (Å²) < 4.78 is 8.10. The molecule has 0 radical (unpaired) electrons. The van der Waals surface area contributed by atoms with Gasteiger partial charge in [-0.2, -0.15) is 5.10 Å². The quantitative estimate of drug-likeness (QED) is 0.925. The minimum absolute atomic E-state index is 0.149. The molecular formula is C15H19BrN2O2. The average Bonchev–Trinajstić information content (AvgIpc) is 2.85. The second kappa shape index (κ2) is 5.97. The molecule has 0 amide bonds. The molecule has 0 fully saturated rings. The number of hydrogen-bond donors (Lipinski definition) is 1. The molecule has 108 valence electrons. The summed E-state index contributed by atoms with van der Waals surface area (Å²) in [6, 6.07) is 5.94. The first-order chi connectivity index (χ1) is 9.47. The third kappa shape index (κ3) is 2.60. The molecule has 1 unspecified atom stereocenters. The van der Waals surface area contributed by atoms with E-state index in [1.54, 1.807) is 18.0 Å². The molecule has 4 nitrogen and oxygen atoms in total. The Morgan fingerprint density at radius 2 is 2.05 bits per heavy atom. The second-order valence-electron chi connectivity index (χ2n) is 4.99. The molecule has 20 heavy (non-hydrogen) atoms. The number of ether oxygens (including phenoxy) is 1. The van der Waals surface area contributed by atoms with E-state index in [1.807, 2.05) is 39.0 Å². The third-order valence-corrected chi connectivity index (χ3v) is 4.23. The molecule has 0 aliphatic carbocycles. The predicted octanol–water partition coefficient (Wildman–Crippen LogP) is 3.63. The van der Waals surface area contributed by atoms with Crippen LogP contribution in [0.3, 0.4) is 0 Å². The number of benzene rings is 1. The first-order valence-corrected chi connectivity index (χ1v) is 7.31. The topological polar surface area (TPSA) is 47.3 Å². The summed E-state index contributed by atoms with van der Waals surface area (Å²) >= 11 is 3.50. The zero-order valence-electron chi connectivity index (χ0n) is 12.1. The summed E-state index contributed by atoms with van der Waals surface area (Å²) in [5.74, 6) is 0.602. The van der Waals surface area contributed by atoms with Gasteiger partial charge in [-0.1, -0.05) is 28.1 Å². The van der Waals surface area contributed by atoms with Crippen LogP contribution in [0.2, 0.25) is 0 Å². The molecule has 0 spiro atoms. The van der Waals surface area contributed by atoms with Crippen molar-refractivity contribution in [3.8, 4) is 5.75 Å². The first-order valence-electron chi connectivity index (χ1n) is 6.51. The van der Waals surface area contributed by atoms with Gasteiger partial charge in [0.1, 0.15) is 11.8 Å². The SMILES string of the molecule is COc1cnn(C(C)C)c1C(O)c1cccc(Br)c1C. The lowest BCUT2D eigenvalue weighted by Crippen LogP contribution is -2.14. The van der Waals surface area contributed by atoms with Gasteiger partial charge in [0.05, 0.1) is 13.3 Å². The van der Waals surface area contributed by atoms with Gasteiger partial charge in [-0.3, -0.25) is 4.68 Å². The Bertz CT molecular complexity index is 608. The third-order valence-electron chi connectivity index (χ3n) is 3.37. The normalized spacial score (nSPS) is 12.8. The van der Waals surface area contributed by atoms with Crippen molar-refractivity contribution >= 4 is 15.9 Å². The molecule has 1 N–H and O–H groups in total. The van der Waals surface area contributed by atoms with E-state index < -0.39 is 6.10 Å². The van der Waals surface area contributed by atoms with Crippen LogP contribution in [-0.2, 0) is 0 Å². The van der Waals surface area contributed by atoms with Crippen LogP contribution in [0.25, 0.3) is 0 Å². The van der Waals surface area contributed by atoms with Crippen molar-refractivity contribution in [1.82, 2.24) is 9.78 Å². The monoisotopic (exact) mass is 338 g/mol. The van der Waals surface area contributed by atoms with Gasteiger partial charge in [0.25, 0.3) is 0 Å². The number of nitrogens with zero attached hydrogens (tertiary/aromatic N) is 2. The van der Waals surface area contributed by atoms with Crippen molar-refractivity contribution < 1.29 is 9.84 Å². The van der Waals surface area contributed by atoms with Gasteiger partial charge in [-0.15, -0.1) is 0 Å². The van der Waals surface area contributed by atoms with Gasteiger partial charge in [0.2, 0.25) is 0 Å². The van der Waals surface area contributed by atoms with Crippen LogP contribution >= 0.6 is 15.9 Å². The molecular weight excluding hydrogens is 320 g/mol. The maximum Gasteiger partial charge on any atom is 0.163 e. The molecule has 1 aromatic carbocycles. The van der Waals surface area contributed by atoms with Crippen molar-refractivity contribution in [3.63, 3.8) is 0 Å². The largest absolute Gasteiger partial charge is 0.493 e. The summed E-state index contributed by atoms with van der Waals surface area (Å²) in [7, 11) is 1.59. The number of halogens is 1.